The highest BCUT2D eigenvalue weighted by Gasteiger charge is 2.17. The lowest BCUT2D eigenvalue weighted by molar-refractivity contribution is 0.198. The van der Waals surface area contributed by atoms with Gasteiger partial charge in [-0.2, -0.15) is 0 Å². The fourth-order valence-corrected chi connectivity index (χ4v) is 4.68. The van der Waals surface area contributed by atoms with Crippen molar-refractivity contribution in [2.75, 3.05) is 33.4 Å². The molecule has 0 fully saturated rings. The Morgan fingerprint density at radius 3 is 2.47 bits per heavy atom. The SMILES string of the molecule is CCN(CC)CCn1c(CCOC)nc2scc(-c3ccc(C(C)C)cc3)c2c1=O. The molecule has 0 amide bonds. The van der Waals surface area contributed by atoms with Crippen molar-refractivity contribution < 1.29 is 4.74 Å². The van der Waals surface area contributed by atoms with Crippen LogP contribution in [0.1, 0.15) is 45.0 Å². The van der Waals surface area contributed by atoms with Gasteiger partial charge in [-0.3, -0.25) is 9.36 Å². The molecule has 1 aromatic carbocycles. The zero-order chi connectivity index (χ0) is 21.7. The molecule has 5 nitrogen and oxygen atoms in total. The van der Waals surface area contributed by atoms with E-state index in [0.29, 0.717) is 25.5 Å². The van der Waals surface area contributed by atoms with E-state index in [0.717, 1.165) is 46.8 Å². The number of rotatable bonds is 10. The van der Waals surface area contributed by atoms with E-state index in [2.05, 4.69) is 62.2 Å². The van der Waals surface area contributed by atoms with Crippen molar-refractivity contribution in [2.45, 2.75) is 46.6 Å². The van der Waals surface area contributed by atoms with Gasteiger partial charge in [0.1, 0.15) is 10.7 Å². The van der Waals surface area contributed by atoms with E-state index in [-0.39, 0.29) is 5.56 Å². The number of fused-ring (bicyclic) bond motifs is 1. The molecule has 0 aliphatic rings. The van der Waals surface area contributed by atoms with E-state index in [4.69, 9.17) is 9.72 Å². The molecule has 162 valence electrons. The van der Waals surface area contributed by atoms with Crippen LogP contribution >= 0.6 is 11.3 Å². The molecule has 0 unspecified atom stereocenters. The van der Waals surface area contributed by atoms with Crippen LogP contribution in [0.3, 0.4) is 0 Å². The van der Waals surface area contributed by atoms with Crippen molar-refractivity contribution in [1.29, 1.82) is 0 Å². The molecule has 3 aromatic rings. The van der Waals surface area contributed by atoms with Crippen LogP contribution in [0.15, 0.2) is 34.4 Å². The number of likely N-dealkylation sites (N-methyl/N-ethyl adjacent to an activating group) is 1. The first-order chi connectivity index (χ1) is 14.5. The van der Waals surface area contributed by atoms with Crippen LogP contribution in [0.4, 0.5) is 0 Å². The predicted molar refractivity (Wildman–Crippen MR) is 127 cm³/mol. The molecule has 0 aliphatic carbocycles. The second kappa shape index (κ2) is 10.3. The highest BCUT2D eigenvalue weighted by Crippen LogP contribution is 2.32. The van der Waals surface area contributed by atoms with Crippen molar-refractivity contribution in [3.05, 3.63) is 51.4 Å². The van der Waals surface area contributed by atoms with Gasteiger partial charge in [-0.25, -0.2) is 4.98 Å². The van der Waals surface area contributed by atoms with E-state index in [1.54, 1.807) is 18.4 Å². The molecule has 0 spiro atoms. The van der Waals surface area contributed by atoms with Crippen molar-refractivity contribution >= 4 is 21.6 Å². The Morgan fingerprint density at radius 2 is 1.87 bits per heavy atom. The summed E-state index contributed by atoms with van der Waals surface area (Å²) in [4.78, 5) is 21.6. The third-order valence-electron chi connectivity index (χ3n) is 5.73. The summed E-state index contributed by atoms with van der Waals surface area (Å²) in [5.74, 6) is 1.30. The van der Waals surface area contributed by atoms with Crippen LogP contribution in [0.2, 0.25) is 0 Å². The topological polar surface area (TPSA) is 47.4 Å². The number of aromatic nitrogens is 2. The van der Waals surface area contributed by atoms with Crippen molar-refractivity contribution in [2.24, 2.45) is 0 Å². The molecule has 2 aromatic heterocycles. The third kappa shape index (κ3) is 4.82. The molecule has 3 rings (SSSR count). The molecule has 0 bridgehead atoms. The number of ether oxygens (including phenoxy) is 1. The molecule has 0 atom stereocenters. The van der Waals surface area contributed by atoms with Crippen LogP contribution in [-0.2, 0) is 17.7 Å². The maximum atomic E-state index is 13.6. The summed E-state index contributed by atoms with van der Waals surface area (Å²) in [6.45, 7) is 12.7. The first kappa shape index (κ1) is 22.7. The average Bonchev–Trinajstić information content (AvgIpc) is 3.18. The van der Waals surface area contributed by atoms with Gasteiger partial charge in [0, 0.05) is 37.6 Å². The van der Waals surface area contributed by atoms with Crippen molar-refractivity contribution in [3.63, 3.8) is 0 Å². The Labute approximate surface area is 183 Å². The molecule has 0 aliphatic heterocycles. The zero-order valence-corrected chi connectivity index (χ0v) is 19.6. The Morgan fingerprint density at radius 1 is 1.17 bits per heavy atom. The summed E-state index contributed by atoms with van der Waals surface area (Å²) in [6.07, 6.45) is 0.635. The summed E-state index contributed by atoms with van der Waals surface area (Å²) < 4.78 is 7.12. The lowest BCUT2D eigenvalue weighted by Crippen LogP contribution is -2.33. The fourth-order valence-electron chi connectivity index (χ4n) is 3.72. The van der Waals surface area contributed by atoms with Gasteiger partial charge in [0.05, 0.1) is 12.0 Å². The average molecular weight is 428 g/mol. The third-order valence-corrected chi connectivity index (χ3v) is 6.60. The Balaban J connectivity index is 2.07. The second-order valence-electron chi connectivity index (χ2n) is 7.86. The summed E-state index contributed by atoms with van der Waals surface area (Å²) in [6, 6.07) is 8.55. The molecular formula is C24H33N3O2S. The Kier molecular flexibility index (Phi) is 7.81. The maximum absolute atomic E-state index is 13.6. The normalized spacial score (nSPS) is 11.8. The molecule has 0 saturated carbocycles. The van der Waals surface area contributed by atoms with Gasteiger partial charge in [-0.05, 0) is 30.1 Å². The van der Waals surface area contributed by atoms with Gasteiger partial charge >= 0.3 is 0 Å². The van der Waals surface area contributed by atoms with Gasteiger partial charge in [0.15, 0.2) is 0 Å². The quantitative estimate of drug-likeness (QED) is 0.467. The van der Waals surface area contributed by atoms with Crippen LogP contribution in [0.5, 0.6) is 0 Å². The standard InChI is InChI=1S/C24H33N3O2S/c1-6-26(7-2)13-14-27-21(12-15-29-5)25-23-22(24(27)28)20(16-30-23)19-10-8-18(9-11-19)17(3)4/h8-11,16-17H,6-7,12-15H2,1-5H3. The van der Waals surface area contributed by atoms with Gasteiger partial charge in [-0.15, -0.1) is 11.3 Å². The summed E-state index contributed by atoms with van der Waals surface area (Å²) in [7, 11) is 1.68. The number of hydrogen-bond donors (Lipinski definition) is 0. The molecule has 2 heterocycles. The molecule has 0 N–H and O–H groups in total. The smallest absolute Gasteiger partial charge is 0.262 e. The molecule has 0 radical (unpaired) electrons. The molecular weight excluding hydrogens is 394 g/mol. The van der Waals surface area contributed by atoms with Crippen LogP contribution in [-0.4, -0.2) is 47.8 Å². The number of benzene rings is 1. The van der Waals surface area contributed by atoms with E-state index in [1.807, 2.05) is 4.57 Å². The molecule has 6 heteroatoms. The second-order valence-corrected chi connectivity index (χ2v) is 8.72. The van der Waals surface area contributed by atoms with Crippen LogP contribution < -0.4 is 5.56 Å². The van der Waals surface area contributed by atoms with Gasteiger partial charge in [0.25, 0.3) is 5.56 Å². The summed E-state index contributed by atoms with van der Waals surface area (Å²) >= 11 is 1.55. The minimum Gasteiger partial charge on any atom is -0.384 e. The lowest BCUT2D eigenvalue weighted by atomic mass is 9.99. The first-order valence-corrected chi connectivity index (χ1v) is 11.7. The largest absolute Gasteiger partial charge is 0.384 e. The summed E-state index contributed by atoms with van der Waals surface area (Å²) in [5.41, 5.74) is 3.42. The summed E-state index contributed by atoms with van der Waals surface area (Å²) in [5, 5.41) is 2.80. The zero-order valence-electron chi connectivity index (χ0n) is 18.8. The molecule has 30 heavy (non-hydrogen) atoms. The van der Waals surface area contributed by atoms with Crippen molar-refractivity contribution in [1.82, 2.24) is 14.5 Å². The van der Waals surface area contributed by atoms with Gasteiger partial charge < -0.3 is 9.64 Å². The van der Waals surface area contributed by atoms with E-state index < -0.39 is 0 Å². The number of thiophene rings is 1. The first-order valence-electron chi connectivity index (χ1n) is 10.8. The lowest BCUT2D eigenvalue weighted by Gasteiger charge is -2.20. The van der Waals surface area contributed by atoms with Crippen LogP contribution in [0.25, 0.3) is 21.3 Å². The van der Waals surface area contributed by atoms with E-state index in [1.165, 1.54) is 5.56 Å². The minimum absolute atomic E-state index is 0.0578. The number of methoxy groups -OCH3 is 1. The predicted octanol–water partition coefficient (Wildman–Crippen LogP) is 4.78. The highest BCUT2D eigenvalue weighted by molar-refractivity contribution is 7.17. The highest BCUT2D eigenvalue weighted by atomic mass is 32.1. The monoisotopic (exact) mass is 427 g/mol. The Hall–Kier alpha value is -2.02. The Bertz CT molecular complexity index is 1020. The van der Waals surface area contributed by atoms with Crippen LogP contribution in [0, 0.1) is 0 Å². The van der Waals surface area contributed by atoms with Crippen molar-refractivity contribution in [3.8, 4) is 11.1 Å². The maximum Gasteiger partial charge on any atom is 0.262 e. The van der Waals surface area contributed by atoms with Gasteiger partial charge in [-0.1, -0.05) is 52.0 Å². The fraction of sp³-hybridized carbons (Fsp3) is 0.500. The van der Waals surface area contributed by atoms with Gasteiger partial charge in [0.2, 0.25) is 0 Å². The van der Waals surface area contributed by atoms with E-state index >= 15 is 0 Å². The molecule has 0 saturated heterocycles. The minimum atomic E-state index is 0.0578. The number of nitrogens with zero attached hydrogens (tertiary/aromatic N) is 3. The van der Waals surface area contributed by atoms with E-state index in [9.17, 15) is 4.79 Å². The number of hydrogen-bond acceptors (Lipinski definition) is 5.